The van der Waals surface area contributed by atoms with Crippen molar-refractivity contribution in [2.24, 2.45) is 0 Å². The van der Waals surface area contributed by atoms with Gasteiger partial charge >= 0.3 is 5.97 Å². The number of nitro groups is 1. The molecule has 0 atom stereocenters. The van der Waals surface area contributed by atoms with Crippen LogP contribution in [0, 0.1) is 10.1 Å². The SMILES string of the molecule is COC(=O)c1ccc(OCC(=O)Nc2ccc(OC)cc2[N+](=O)[O-])cc1. The van der Waals surface area contributed by atoms with Crippen molar-refractivity contribution in [2.75, 3.05) is 26.1 Å². The number of nitro benzene ring substituents is 1. The molecule has 9 heteroatoms. The van der Waals surface area contributed by atoms with Crippen LogP contribution in [-0.4, -0.2) is 37.6 Å². The van der Waals surface area contributed by atoms with E-state index in [1.165, 1.54) is 56.7 Å². The molecule has 0 fully saturated rings. The second-order valence-corrected chi connectivity index (χ2v) is 4.99. The van der Waals surface area contributed by atoms with E-state index in [-0.39, 0.29) is 18.0 Å². The normalized spacial score (nSPS) is 9.92. The number of benzene rings is 2. The van der Waals surface area contributed by atoms with Crippen LogP contribution in [0.2, 0.25) is 0 Å². The lowest BCUT2D eigenvalue weighted by molar-refractivity contribution is -0.384. The number of methoxy groups -OCH3 is 2. The van der Waals surface area contributed by atoms with E-state index >= 15 is 0 Å². The fraction of sp³-hybridized carbons (Fsp3) is 0.176. The molecule has 1 amide bonds. The lowest BCUT2D eigenvalue weighted by Crippen LogP contribution is -2.20. The van der Waals surface area contributed by atoms with Crippen molar-refractivity contribution in [2.45, 2.75) is 0 Å². The van der Waals surface area contributed by atoms with Gasteiger partial charge in [-0.3, -0.25) is 14.9 Å². The molecule has 26 heavy (non-hydrogen) atoms. The number of nitrogens with zero attached hydrogens (tertiary/aromatic N) is 1. The molecule has 0 spiro atoms. The zero-order valence-corrected chi connectivity index (χ0v) is 14.1. The number of ether oxygens (including phenoxy) is 3. The molecule has 0 aromatic heterocycles. The summed E-state index contributed by atoms with van der Waals surface area (Å²) in [7, 11) is 2.66. The second kappa shape index (κ2) is 8.47. The molecule has 2 aromatic carbocycles. The van der Waals surface area contributed by atoms with E-state index in [2.05, 4.69) is 10.1 Å². The van der Waals surface area contributed by atoms with Gasteiger partial charge in [-0.25, -0.2) is 4.79 Å². The Labute approximate surface area is 148 Å². The van der Waals surface area contributed by atoms with E-state index < -0.39 is 16.8 Å². The standard InChI is InChI=1S/C17H16N2O7/c1-24-13-7-8-14(15(9-13)19(22)23)18-16(20)10-26-12-5-3-11(4-6-12)17(21)25-2/h3-9H,10H2,1-2H3,(H,18,20). The summed E-state index contributed by atoms with van der Waals surface area (Å²) in [6.07, 6.45) is 0. The van der Waals surface area contributed by atoms with Crippen LogP contribution in [0.25, 0.3) is 0 Å². The second-order valence-electron chi connectivity index (χ2n) is 4.99. The Morgan fingerprint density at radius 1 is 1.08 bits per heavy atom. The third-order valence-electron chi connectivity index (χ3n) is 3.32. The number of anilines is 1. The monoisotopic (exact) mass is 360 g/mol. The summed E-state index contributed by atoms with van der Waals surface area (Å²) < 4.78 is 14.8. The number of hydrogen-bond acceptors (Lipinski definition) is 7. The average Bonchev–Trinajstić information content (AvgIpc) is 2.66. The molecule has 9 nitrogen and oxygen atoms in total. The fourth-order valence-corrected chi connectivity index (χ4v) is 2.04. The first-order valence-corrected chi connectivity index (χ1v) is 7.38. The van der Waals surface area contributed by atoms with Crippen LogP contribution in [0.5, 0.6) is 11.5 Å². The van der Waals surface area contributed by atoms with Gasteiger partial charge in [-0.1, -0.05) is 0 Å². The van der Waals surface area contributed by atoms with Crippen LogP contribution in [0.1, 0.15) is 10.4 Å². The summed E-state index contributed by atoms with van der Waals surface area (Å²) in [4.78, 5) is 33.8. The third kappa shape index (κ3) is 4.69. The predicted molar refractivity (Wildman–Crippen MR) is 91.6 cm³/mol. The summed E-state index contributed by atoms with van der Waals surface area (Å²) >= 11 is 0. The van der Waals surface area contributed by atoms with Gasteiger partial charge in [0.2, 0.25) is 0 Å². The molecule has 2 aromatic rings. The van der Waals surface area contributed by atoms with Gasteiger partial charge in [-0.2, -0.15) is 0 Å². The number of esters is 1. The minimum atomic E-state index is -0.621. The molecule has 0 radical (unpaired) electrons. The van der Waals surface area contributed by atoms with Crippen LogP contribution < -0.4 is 14.8 Å². The number of carbonyl (C=O) groups excluding carboxylic acids is 2. The average molecular weight is 360 g/mol. The molecule has 0 aliphatic carbocycles. The summed E-state index contributed by atoms with van der Waals surface area (Å²) in [5.41, 5.74) is 0.0868. The summed E-state index contributed by atoms with van der Waals surface area (Å²) in [5, 5.41) is 13.5. The maximum atomic E-state index is 12.0. The molecule has 0 bridgehead atoms. The topological polar surface area (TPSA) is 117 Å². The highest BCUT2D eigenvalue weighted by molar-refractivity contribution is 5.94. The molecular formula is C17H16N2O7. The van der Waals surface area contributed by atoms with Gasteiger partial charge in [0.15, 0.2) is 6.61 Å². The highest BCUT2D eigenvalue weighted by Gasteiger charge is 2.17. The molecule has 0 unspecified atom stereocenters. The van der Waals surface area contributed by atoms with Gasteiger partial charge in [0.25, 0.3) is 11.6 Å². The lowest BCUT2D eigenvalue weighted by atomic mass is 10.2. The molecular weight excluding hydrogens is 344 g/mol. The number of carbonyl (C=O) groups is 2. The molecule has 136 valence electrons. The number of nitrogens with one attached hydrogen (secondary N) is 1. The van der Waals surface area contributed by atoms with Gasteiger partial charge in [-0.05, 0) is 36.4 Å². The lowest BCUT2D eigenvalue weighted by Gasteiger charge is -2.09. The molecule has 0 saturated carbocycles. The van der Waals surface area contributed by atoms with Crippen molar-refractivity contribution in [3.05, 3.63) is 58.1 Å². The van der Waals surface area contributed by atoms with Crippen molar-refractivity contribution in [1.82, 2.24) is 0 Å². The Bertz CT molecular complexity index is 818. The van der Waals surface area contributed by atoms with Gasteiger partial charge in [0, 0.05) is 0 Å². The summed E-state index contributed by atoms with van der Waals surface area (Å²) in [5.74, 6) is -0.398. The van der Waals surface area contributed by atoms with E-state index in [1.807, 2.05) is 0 Å². The zero-order chi connectivity index (χ0) is 19.1. The smallest absolute Gasteiger partial charge is 0.337 e. The maximum absolute atomic E-state index is 12.0. The third-order valence-corrected chi connectivity index (χ3v) is 3.32. The predicted octanol–water partition coefficient (Wildman–Crippen LogP) is 2.41. The van der Waals surface area contributed by atoms with E-state index in [9.17, 15) is 19.7 Å². The number of amides is 1. The van der Waals surface area contributed by atoms with Crippen LogP contribution >= 0.6 is 0 Å². The molecule has 0 saturated heterocycles. The number of hydrogen-bond donors (Lipinski definition) is 1. The number of rotatable bonds is 7. The van der Waals surface area contributed by atoms with Crippen molar-refractivity contribution >= 4 is 23.3 Å². The minimum Gasteiger partial charge on any atom is -0.496 e. The van der Waals surface area contributed by atoms with E-state index in [4.69, 9.17) is 9.47 Å². The van der Waals surface area contributed by atoms with Gasteiger partial charge in [-0.15, -0.1) is 0 Å². The Balaban J connectivity index is 1.99. The Morgan fingerprint density at radius 2 is 1.73 bits per heavy atom. The zero-order valence-electron chi connectivity index (χ0n) is 14.1. The van der Waals surface area contributed by atoms with E-state index in [0.717, 1.165) is 0 Å². The summed E-state index contributed by atoms with van der Waals surface area (Å²) in [6.45, 7) is -0.360. The summed E-state index contributed by atoms with van der Waals surface area (Å²) in [6, 6.07) is 10.1. The van der Waals surface area contributed by atoms with Crippen molar-refractivity contribution in [1.29, 1.82) is 0 Å². The molecule has 1 N–H and O–H groups in total. The van der Waals surface area contributed by atoms with Crippen LogP contribution in [0.15, 0.2) is 42.5 Å². The molecule has 0 aliphatic rings. The van der Waals surface area contributed by atoms with Crippen molar-refractivity contribution < 1.29 is 28.7 Å². The van der Waals surface area contributed by atoms with Crippen molar-refractivity contribution in [3.8, 4) is 11.5 Å². The highest BCUT2D eigenvalue weighted by atomic mass is 16.6. The minimum absolute atomic E-state index is 0.0328. The van der Waals surface area contributed by atoms with Crippen LogP contribution in [0.3, 0.4) is 0 Å². The van der Waals surface area contributed by atoms with Gasteiger partial charge in [0.1, 0.15) is 17.2 Å². The maximum Gasteiger partial charge on any atom is 0.337 e. The highest BCUT2D eigenvalue weighted by Crippen LogP contribution is 2.28. The van der Waals surface area contributed by atoms with Gasteiger partial charge < -0.3 is 19.5 Å². The Kier molecular flexibility index (Phi) is 6.10. The Hall–Kier alpha value is -3.62. The Morgan fingerprint density at radius 3 is 2.31 bits per heavy atom. The molecule has 0 heterocycles. The molecule has 2 rings (SSSR count). The first-order valence-electron chi connectivity index (χ1n) is 7.38. The first-order chi connectivity index (χ1) is 12.4. The first kappa shape index (κ1) is 18.7. The van der Waals surface area contributed by atoms with E-state index in [0.29, 0.717) is 17.1 Å². The quantitative estimate of drug-likeness (QED) is 0.458. The molecule has 0 aliphatic heterocycles. The fourth-order valence-electron chi connectivity index (χ4n) is 2.04. The van der Waals surface area contributed by atoms with Crippen molar-refractivity contribution in [3.63, 3.8) is 0 Å². The largest absolute Gasteiger partial charge is 0.496 e. The van der Waals surface area contributed by atoms with E-state index in [1.54, 1.807) is 0 Å². The van der Waals surface area contributed by atoms with Gasteiger partial charge in [0.05, 0.1) is 30.8 Å². The van der Waals surface area contributed by atoms with Crippen LogP contribution in [0.4, 0.5) is 11.4 Å². The van der Waals surface area contributed by atoms with Crippen LogP contribution in [-0.2, 0) is 9.53 Å².